The van der Waals surface area contributed by atoms with Gasteiger partial charge in [0.2, 0.25) is 0 Å². The maximum atomic E-state index is 10.9. The Hall–Kier alpha value is -1.58. The Bertz CT molecular complexity index is 474. The number of fused-ring (bicyclic) bond motifs is 1. The van der Waals surface area contributed by atoms with Gasteiger partial charge >= 0.3 is 0 Å². The van der Waals surface area contributed by atoms with Crippen LogP contribution in [0, 0.1) is 10.1 Å². The zero-order chi connectivity index (χ0) is 14.5. The van der Waals surface area contributed by atoms with Crippen molar-refractivity contribution in [1.82, 2.24) is 0 Å². The zero-order valence-electron chi connectivity index (χ0n) is 12.5. The van der Waals surface area contributed by atoms with Gasteiger partial charge in [0.25, 0.3) is 5.69 Å². The van der Waals surface area contributed by atoms with Gasteiger partial charge in [-0.15, -0.1) is 0 Å². The Kier molecular flexibility index (Phi) is 4.99. The summed E-state index contributed by atoms with van der Waals surface area (Å²) < 4.78 is 0. The summed E-state index contributed by atoms with van der Waals surface area (Å²) in [5.41, 5.74) is 2.54. The van der Waals surface area contributed by atoms with Crippen molar-refractivity contribution in [3.63, 3.8) is 0 Å². The van der Waals surface area contributed by atoms with Gasteiger partial charge in [-0.25, -0.2) is 0 Å². The summed E-state index contributed by atoms with van der Waals surface area (Å²) in [5, 5.41) is 10.9. The number of anilines is 1. The highest BCUT2D eigenvalue weighted by Gasteiger charge is 2.24. The fourth-order valence-electron chi connectivity index (χ4n) is 2.97. The molecule has 2 rings (SSSR count). The molecule has 0 fully saturated rings. The van der Waals surface area contributed by atoms with Gasteiger partial charge in [-0.05, 0) is 37.8 Å². The number of hydrogen-bond acceptors (Lipinski definition) is 3. The summed E-state index contributed by atoms with van der Waals surface area (Å²) in [5.74, 6) is 0. The molecule has 110 valence electrons. The molecule has 0 saturated carbocycles. The third kappa shape index (κ3) is 3.30. The molecule has 0 amide bonds. The third-order valence-electron chi connectivity index (χ3n) is 4.20. The van der Waals surface area contributed by atoms with E-state index in [0.29, 0.717) is 6.04 Å². The van der Waals surface area contributed by atoms with Crippen molar-refractivity contribution >= 4 is 11.4 Å². The lowest BCUT2D eigenvalue weighted by Gasteiger charge is -2.37. The summed E-state index contributed by atoms with van der Waals surface area (Å²) in [6.07, 6.45) is 7.04. The summed E-state index contributed by atoms with van der Waals surface area (Å²) in [7, 11) is 0. The fraction of sp³-hybridized carbons (Fsp3) is 0.625. The maximum absolute atomic E-state index is 10.9. The van der Waals surface area contributed by atoms with Crippen LogP contribution in [0.15, 0.2) is 18.2 Å². The Labute approximate surface area is 120 Å². The predicted molar refractivity (Wildman–Crippen MR) is 82.4 cm³/mol. The lowest BCUT2D eigenvalue weighted by atomic mass is 9.95. The van der Waals surface area contributed by atoms with Gasteiger partial charge in [-0.3, -0.25) is 10.1 Å². The van der Waals surface area contributed by atoms with Gasteiger partial charge in [-0.2, -0.15) is 0 Å². The number of nitro benzene ring substituents is 1. The van der Waals surface area contributed by atoms with E-state index < -0.39 is 0 Å². The quantitative estimate of drug-likeness (QED) is 0.441. The number of hydrogen-bond donors (Lipinski definition) is 0. The van der Waals surface area contributed by atoms with E-state index in [9.17, 15) is 10.1 Å². The van der Waals surface area contributed by atoms with E-state index in [4.69, 9.17) is 0 Å². The molecular formula is C16H24N2O2. The van der Waals surface area contributed by atoms with Crippen molar-refractivity contribution < 1.29 is 4.92 Å². The standard InChI is InChI=1S/C16H24N2O2/c1-3-4-5-6-11-17-13(2)7-8-14-12-15(18(19)20)9-10-16(14)17/h9-10,12-13H,3-8,11H2,1-2H3/t13-/m0/s1. The summed E-state index contributed by atoms with van der Waals surface area (Å²) in [4.78, 5) is 13.0. The van der Waals surface area contributed by atoms with Gasteiger partial charge < -0.3 is 4.90 Å². The topological polar surface area (TPSA) is 46.4 Å². The van der Waals surface area contributed by atoms with Crippen LogP contribution < -0.4 is 4.90 Å². The van der Waals surface area contributed by atoms with E-state index in [1.165, 1.54) is 31.4 Å². The van der Waals surface area contributed by atoms with Crippen molar-refractivity contribution in [2.75, 3.05) is 11.4 Å². The molecule has 1 aromatic rings. The van der Waals surface area contributed by atoms with Crippen molar-refractivity contribution in [3.05, 3.63) is 33.9 Å². The molecule has 0 bridgehead atoms. The number of non-ortho nitro benzene ring substituents is 1. The number of benzene rings is 1. The SMILES string of the molecule is CCCCCCN1c2ccc([N+](=O)[O-])cc2CC[C@@H]1C. The average molecular weight is 276 g/mol. The smallest absolute Gasteiger partial charge is 0.269 e. The molecule has 0 unspecified atom stereocenters. The minimum Gasteiger partial charge on any atom is -0.369 e. The van der Waals surface area contributed by atoms with Crippen molar-refractivity contribution in [2.24, 2.45) is 0 Å². The lowest BCUT2D eigenvalue weighted by Crippen LogP contribution is -2.38. The van der Waals surface area contributed by atoms with Gasteiger partial charge in [0.05, 0.1) is 4.92 Å². The number of rotatable bonds is 6. The summed E-state index contributed by atoms with van der Waals surface area (Å²) >= 11 is 0. The molecule has 1 aliphatic rings. The monoisotopic (exact) mass is 276 g/mol. The van der Waals surface area contributed by atoms with Crippen molar-refractivity contribution in [2.45, 2.75) is 58.4 Å². The average Bonchev–Trinajstić information content (AvgIpc) is 2.44. The Balaban J connectivity index is 2.12. The molecule has 4 nitrogen and oxygen atoms in total. The Morgan fingerprint density at radius 3 is 2.85 bits per heavy atom. The first kappa shape index (κ1) is 14.8. The highest BCUT2D eigenvalue weighted by molar-refractivity contribution is 5.60. The van der Waals surface area contributed by atoms with E-state index in [1.807, 2.05) is 6.07 Å². The molecule has 4 heteroatoms. The van der Waals surface area contributed by atoms with Gasteiger partial charge in [0.1, 0.15) is 0 Å². The minimum atomic E-state index is -0.302. The minimum absolute atomic E-state index is 0.212. The molecular weight excluding hydrogens is 252 g/mol. The van der Waals surface area contributed by atoms with Crippen LogP contribution in [0.25, 0.3) is 0 Å². The first-order chi connectivity index (χ1) is 9.63. The van der Waals surface area contributed by atoms with Crippen molar-refractivity contribution in [3.8, 4) is 0 Å². The predicted octanol–water partition coefficient (Wildman–Crippen LogP) is 4.32. The molecule has 0 saturated heterocycles. The van der Waals surface area contributed by atoms with E-state index in [-0.39, 0.29) is 10.6 Å². The number of unbranched alkanes of at least 4 members (excludes halogenated alkanes) is 3. The van der Waals surface area contributed by atoms with Gasteiger partial charge in [0.15, 0.2) is 0 Å². The normalized spacial score (nSPS) is 17.9. The van der Waals surface area contributed by atoms with Crippen LogP contribution in [-0.4, -0.2) is 17.5 Å². The number of aryl methyl sites for hydroxylation is 1. The van der Waals surface area contributed by atoms with Crippen molar-refractivity contribution in [1.29, 1.82) is 0 Å². The second kappa shape index (κ2) is 6.73. The van der Waals surface area contributed by atoms with E-state index in [2.05, 4.69) is 18.7 Å². The number of nitrogens with zero attached hydrogens (tertiary/aromatic N) is 2. The molecule has 1 aromatic carbocycles. The molecule has 0 radical (unpaired) electrons. The van der Waals surface area contributed by atoms with Crippen LogP contribution in [0.2, 0.25) is 0 Å². The molecule has 0 aromatic heterocycles. The van der Waals surface area contributed by atoms with Crippen LogP contribution in [0.3, 0.4) is 0 Å². The zero-order valence-corrected chi connectivity index (χ0v) is 12.5. The lowest BCUT2D eigenvalue weighted by molar-refractivity contribution is -0.384. The fourth-order valence-corrected chi connectivity index (χ4v) is 2.97. The van der Waals surface area contributed by atoms with E-state index in [0.717, 1.165) is 24.9 Å². The van der Waals surface area contributed by atoms with Crippen LogP contribution >= 0.6 is 0 Å². The second-order valence-corrected chi connectivity index (χ2v) is 5.71. The van der Waals surface area contributed by atoms with E-state index in [1.54, 1.807) is 12.1 Å². The van der Waals surface area contributed by atoms with Gasteiger partial charge in [0, 0.05) is 30.4 Å². The first-order valence-electron chi connectivity index (χ1n) is 7.67. The molecule has 0 N–H and O–H groups in total. The van der Waals surface area contributed by atoms with E-state index >= 15 is 0 Å². The number of nitro groups is 1. The first-order valence-corrected chi connectivity index (χ1v) is 7.67. The van der Waals surface area contributed by atoms with Crippen LogP contribution in [0.5, 0.6) is 0 Å². The van der Waals surface area contributed by atoms with Crippen LogP contribution in [0.4, 0.5) is 11.4 Å². The highest BCUT2D eigenvalue weighted by atomic mass is 16.6. The van der Waals surface area contributed by atoms with Gasteiger partial charge in [-0.1, -0.05) is 26.2 Å². The second-order valence-electron chi connectivity index (χ2n) is 5.71. The highest BCUT2D eigenvalue weighted by Crippen LogP contribution is 2.33. The molecule has 0 aliphatic carbocycles. The van der Waals surface area contributed by atoms with Crippen LogP contribution in [0.1, 0.15) is 51.5 Å². The molecule has 1 atom stereocenters. The van der Waals surface area contributed by atoms with Crippen LogP contribution in [-0.2, 0) is 6.42 Å². The third-order valence-corrected chi connectivity index (χ3v) is 4.20. The molecule has 20 heavy (non-hydrogen) atoms. The summed E-state index contributed by atoms with van der Waals surface area (Å²) in [6, 6.07) is 5.85. The largest absolute Gasteiger partial charge is 0.369 e. The Morgan fingerprint density at radius 1 is 1.35 bits per heavy atom. The summed E-state index contributed by atoms with van der Waals surface area (Å²) in [6.45, 7) is 5.54. The molecule has 0 spiro atoms. The Morgan fingerprint density at radius 2 is 2.15 bits per heavy atom. The molecule has 1 heterocycles. The maximum Gasteiger partial charge on any atom is 0.269 e. The molecule has 1 aliphatic heterocycles.